The number of ether oxygens (including phenoxy) is 1. The van der Waals surface area contributed by atoms with Gasteiger partial charge in [0.15, 0.2) is 0 Å². The summed E-state index contributed by atoms with van der Waals surface area (Å²) >= 11 is 0. The number of hydrogen-bond donors (Lipinski definition) is 1. The van der Waals surface area contributed by atoms with Crippen molar-refractivity contribution < 1.29 is 22.7 Å². The van der Waals surface area contributed by atoms with Gasteiger partial charge >= 0.3 is 6.18 Å². The zero-order valence-electron chi connectivity index (χ0n) is 20.6. The monoisotopic (exact) mass is 480 g/mol. The third kappa shape index (κ3) is 6.85. The highest BCUT2D eigenvalue weighted by Gasteiger charge is 2.36. The second kappa shape index (κ2) is 12.2. The summed E-state index contributed by atoms with van der Waals surface area (Å²) in [5.74, 6) is 0.0435. The second-order valence-electron chi connectivity index (χ2n) is 9.74. The van der Waals surface area contributed by atoms with Crippen molar-refractivity contribution in [2.45, 2.75) is 90.0 Å². The van der Waals surface area contributed by atoms with Gasteiger partial charge in [0.05, 0.1) is 5.56 Å². The molecule has 3 aliphatic rings. The van der Waals surface area contributed by atoms with Gasteiger partial charge in [0.25, 0.3) is 0 Å². The van der Waals surface area contributed by atoms with E-state index < -0.39 is 11.7 Å². The Morgan fingerprint density at radius 3 is 2.53 bits per heavy atom. The quantitative estimate of drug-likeness (QED) is 0.552. The molecule has 2 unspecified atom stereocenters. The summed E-state index contributed by atoms with van der Waals surface area (Å²) in [7, 11) is 0. The first-order chi connectivity index (χ1) is 16.3. The average molecular weight is 481 g/mol. The van der Waals surface area contributed by atoms with Crippen molar-refractivity contribution >= 4 is 5.91 Å². The Kier molecular flexibility index (Phi) is 9.60. The lowest BCUT2D eigenvalue weighted by atomic mass is 9.90. The number of halogens is 3. The number of rotatable bonds is 5. The number of hydrogen-bond acceptors (Lipinski definition) is 3. The van der Waals surface area contributed by atoms with E-state index in [9.17, 15) is 18.0 Å². The molecule has 1 aliphatic carbocycles. The van der Waals surface area contributed by atoms with Crippen molar-refractivity contribution in [3.63, 3.8) is 0 Å². The predicted molar refractivity (Wildman–Crippen MR) is 129 cm³/mol. The third-order valence-corrected chi connectivity index (χ3v) is 6.91. The van der Waals surface area contributed by atoms with Crippen molar-refractivity contribution in [2.24, 2.45) is 5.92 Å². The fourth-order valence-electron chi connectivity index (χ4n) is 5.29. The molecule has 2 heterocycles. The van der Waals surface area contributed by atoms with Gasteiger partial charge in [-0.1, -0.05) is 26.3 Å². The zero-order valence-corrected chi connectivity index (χ0v) is 20.6. The van der Waals surface area contributed by atoms with E-state index in [1.807, 2.05) is 0 Å². The van der Waals surface area contributed by atoms with Crippen LogP contribution in [0, 0.1) is 5.92 Å². The maximum atomic E-state index is 13.4. The molecule has 0 spiro atoms. The van der Waals surface area contributed by atoms with Crippen molar-refractivity contribution in [2.75, 3.05) is 19.8 Å². The molecule has 2 fully saturated rings. The van der Waals surface area contributed by atoms with Crippen molar-refractivity contribution in [3.05, 3.63) is 47.0 Å². The normalized spacial score (nSPS) is 23.1. The van der Waals surface area contributed by atoms with Crippen LogP contribution >= 0.6 is 0 Å². The van der Waals surface area contributed by atoms with Gasteiger partial charge < -0.3 is 15.0 Å². The van der Waals surface area contributed by atoms with Crippen LogP contribution in [0.25, 0.3) is 0 Å². The van der Waals surface area contributed by atoms with E-state index in [1.165, 1.54) is 18.6 Å². The number of amides is 1. The van der Waals surface area contributed by atoms with Gasteiger partial charge in [-0.2, -0.15) is 13.2 Å². The van der Waals surface area contributed by atoms with Crippen LogP contribution in [0.15, 0.2) is 24.8 Å². The molecule has 0 radical (unpaired) electrons. The van der Waals surface area contributed by atoms with Gasteiger partial charge in [0, 0.05) is 44.3 Å². The Balaban J connectivity index is 0.00000103. The summed E-state index contributed by atoms with van der Waals surface area (Å²) in [4.78, 5) is 14.9. The Hall–Kier alpha value is -1.86. The van der Waals surface area contributed by atoms with Gasteiger partial charge in [-0.3, -0.25) is 4.79 Å². The molecule has 1 aromatic carbocycles. The van der Waals surface area contributed by atoms with Crippen LogP contribution in [0.3, 0.4) is 0 Å². The van der Waals surface area contributed by atoms with Gasteiger partial charge in [-0.05, 0) is 73.8 Å². The van der Waals surface area contributed by atoms with Crippen molar-refractivity contribution in [1.29, 1.82) is 0 Å². The predicted octanol–water partition coefficient (Wildman–Crippen LogP) is 5.67. The zero-order chi connectivity index (χ0) is 24.7. The van der Waals surface area contributed by atoms with Crippen LogP contribution in [-0.4, -0.2) is 42.6 Å². The minimum Gasteiger partial charge on any atom is -0.381 e. The Labute approximate surface area is 201 Å². The molecule has 7 heteroatoms. The van der Waals surface area contributed by atoms with E-state index in [1.54, 1.807) is 11.0 Å². The van der Waals surface area contributed by atoms with E-state index in [0.29, 0.717) is 42.6 Å². The molecule has 1 saturated heterocycles. The molecule has 34 heavy (non-hydrogen) atoms. The Bertz CT molecular complexity index is 834. The molecule has 4 rings (SSSR count). The smallest absolute Gasteiger partial charge is 0.381 e. The maximum Gasteiger partial charge on any atom is 0.416 e. The average Bonchev–Trinajstić information content (AvgIpc) is 3.27. The van der Waals surface area contributed by atoms with Crippen LogP contribution in [0.2, 0.25) is 0 Å². The molecule has 1 N–H and O–H groups in total. The first-order valence-electron chi connectivity index (χ1n) is 12.7. The number of benzene rings is 1. The first kappa shape index (κ1) is 26.7. The van der Waals surface area contributed by atoms with E-state index >= 15 is 0 Å². The molecule has 0 aromatic heterocycles. The first-order valence-corrected chi connectivity index (χ1v) is 12.7. The molecule has 2 atom stereocenters. The summed E-state index contributed by atoms with van der Waals surface area (Å²) in [5.41, 5.74) is 1.61. The summed E-state index contributed by atoms with van der Waals surface area (Å²) < 4.78 is 45.6. The van der Waals surface area contributed by atoms with E-state index in [0.717, 1.165) is 50.9 Å². The summed E-state index contributed by atoms with van der Waals surface area (Å²) in [5, 5.41) is 3.68. The molecule has 1 aromatic rings. The van der Waals surface area contributed by atoms with Gasteiger partial charge in [0.2, 0.25) is 5.91 Å². The van der Waals surface area contributed by atoms with E-state index in [4.69, 9.17) is 4.74 Å². The molecular weight excluding hydrogens is 441 g/mol. The molecule has 4 nitrogen and oxygen atoms in total. The highest BCUT2D eigenvalue weighted by Crippen LogP contribution is 2.36. The Morgan fingerprint density at radius 2 is 1.88 bits per heavy atom. The van der Waals surface area contributed by atoms with Crippen LogP contribution in [0.4, 0.5) is 13.2 Å². The highest BCUT2D eigenvalue weighted by molar-refractivity contribution is 5.79. The maximum absolute atomic E-state index is 13.4. The van der Waals surface area contributed by atoms with Crippen molar-refractivity contribution in [1.82, 2.24) is 10.2 Å². The van der Waals surface area contributed by atoms with Crippen molar-refractivity contribution in [3.8, 4) is 0 Å². The lowest BCUT2D eigenvalue weighted by Crippen LogP contribution is -2.42. The Morgan fingerprint density at radius 1 is 1.18 bits per heavy atom. The van der Waals surface area contributed by atoms with Gasteiger partial charge in [-0.15, -0.1) is 6.58 Å². The van der Waals surface area contributed by atoms with E-state index in [-0.39, 0.29) is 18.4 Å². The van der Waals surface area contributed by atoms with Gasteiger partial charge in [0.1, 0.15) is 0 Å². The number of alkyl halides is 3. The SMILES string of the molecule is C=CCc1cc(C(F)(F)F)cc2c1CCN(C(=O)C1CCC(NC3CCOCC3)C1)C2.CCC. The summed E-state index contributed by atoms with van der Waals surface area (Å²) in [6.07, 6.45) is 4.13. The van der Waals surface area contributed by atoms with Gasteiger partial charge in [-0.25, -0.2) is 0 Å². The fraction of sp³-hybridized carbons (Fsp3) is 0.667. The molecular formula is C27H39F3N2O2. The number of carbonyl (C=O) groups is 1. The molecule has 1 saturated carbocycles. The molecule has 2 aliphatic heterocycles. The van der Waals surface area contributed by atoms with E-state index in [2.05, 4.69) is 25.7 Å². The van der Waals surface area contributed by atoms with Crippen LogP contribution < -0.4 is 5.32 Å². The lowest BCUT2D eigenvalue weighted by molar-refractivity contribution is -0.137. The second-order valence-corrected chi connectivity index (χ2v) is 9.74. The highest BCUT2D eigenvalue weighted by atomic mass is 19.4. The van der Waals surface area contributed by atoms with Crippen LogP contribution in [-0.2, 0) is 35.1 Å². The number of fused-ring (bicyclic) bond motifs is 1. The number of carbonyl (C=O) groups excluding carboxylic acids is 1. The molecule has 190 valence electrons. The molecule has 0 bridgehead atoms. The summed E-state index contributed by atoms with van der Waals surface area (Å²) in [6.45, 7) is 10.3. The minimum atomic E-state index is -4.40. The fourth-order valence-corrected chi connectivity index (χ4v) is 5.29. The standard InChI is InChI=1S/C24H31F3N2O2.C3H8/c1-2-3-16-12-19(24(25,26)27)13-18-15-29(9-6-22(16)18)23(30)17-4-5-21(14-17)28-20-7-10-31-11-8-20;1-3-2/h2,12-13,17,20-21,28H,1,3-11,14-15H2;3H2,1-2H3. The number of nitrogens with zero attached hydrogens (tertiary/aromatic N) is 1. The van der Waals surface area contributed by atoms with Crippen LogP contribution in [0.5, 0.6) is 0 Å². The minimum absolute atomic E-state index is 0.0441. The molecule has 1 amide bonds. The lowest BCUT2D eigenvalue weighted by Gasteiger charge is -2.33. The number of allylic oxidation sites excluding steroid dienone is 1. The largest absolute Gasteiger partial charge is 0.416 e. The third-order valence-electron chi connectivity index (χ3n) is 6.91. The summed E-state index contributed by atoms with van der Waals surface area (Å²) in [6, 6.07) is 3.26. The topological polar surface area (TPSA) is 41.6 Å². The van der Waals surface area contributed by atoms with Crippen LogP contribution in [0.1, 0.15) is 74.6 Å². The number of nitrogens with one attached hydrogen (secondary N) is 1.